The number of sulfonamides is 1. The number of thiazole rings is 1. The van der Waals surface area contributed by atoms with Crippen LogP contribution in [-0.2, 0) is 15.6 Å². The van der Waals surface area contributed by atoms with Gasteiger partial charge in [-0.15, -0.1) is 11.3 Å². The average Bonchev–Trinajstić information content (AvgIpc) is 2.78. The Labute approximate surface area is 107 Å². The molecule has 0 aromatic carbocycles. The number of rotatable bonds is 7. The second-order valence-electron chi connectivity index (χ2n) is 4.27. The molecule has 5 nitrogen and oxygen atoms in total. The molecule has 0 atom stereocenters. The Morgan fingerprint density at radius 1 is 1.47 bits per heavy atom. The first-order valence-electron chi connectivity index (χ1n) is 5.43. The van der Waals surface area contributed by atoms with E-state index in [2.05, 4.69) is 15.0 Å². The van der Waals surface area contributed by atoms with Gasteiger partial charge in [-0.05, 0) is 33.9 Å². The van der Waals surface area contributed by atoms with Crippen LogP contribution in [0.2, 0.25) is 0 Å². The van der Waals surface area contributed by atoms with Crippen LogP contribution in [0.25, 0.3) is 0 Å². The first-order chi connectivity index (χ1) is 7.87. The molecule has 98 valence electrons. The van der Waals surface area contributed by atoms with Gasteiger partial charge in [0.15, 0.2) is 0 Å². The normalized spacial score (nSPS) is 12.9. The fourth-order valence-corrected chi connectivity index (χ4v) is 2.84. The summed E-state index contributed by atoms with van der Waals surface area (Å²) < 4.78 is 24.7. The Bertz CT molecular complexity index is 426. The summed E-state index contributed by atoms with van der Waals surface area (Å²) >= 11 is 1.59. The third-order valence-corrected chi connectivity index (χ3v) is 4.98. The summed E-state index contributed by atoms with van der Waals surface area (Å²) in [4.78, 5) is 4.26. The van der Waals surface area contributed by atoms with Crippen molar-refractivity contribution in [2.75, 3.05) is 19.3 Å². The zero-order valence-corrected chi connectivity index (χ0v) is 12.0. The summed E-state index contributed by atoms with van der Waals surface area (Å²) in [6, 6.07) is 0. The van der Waals surface area contributed by atoms with Crippen molar-refractivity contribution in [2.45, 2.75) is 25.8 Å². The smallest absolute Gasteiger partial charge is 0.211 e. The van der Waals surface area contributed by atoms with E-state index in [1.165, 1.54) is 7.05 Å². The standard InChI is InChI=1S/C10H19N3O2S2/c1-10(2,9-12-6-7-16-9)13-5-4-8-17(14,15)11-3/h6-7,11,13H,4-5,8H2,1-3H3. The van der Waals surface area contributed by atoms with Crippen LogP contribution in [0.15, 0.2) is 11.6 Å². The van der Waals surface area contributed by atoms with Gasteiger partial charge < -0.3 is 5.32 Å². The predicted octanol–water partition coefficient (Wildman–Crippen LogP) is 0.907. The van der Waals surface area contributed by atoms with Crippen molar-refractivity contribution >= 4 is 21.4 Å². The highest BCUT2D eigenvalue weighted by atomic mass is 32.2. The van der Waals surface area contributed by atoms with Gasteiger partial charge in [-0.2, -0.15) is 0 Å². The lowest BCUT2D eigenvalue weighted by Gasteiger charge is -2.23. The van der Waals surface area contributed by atoms with Crippen molar-refractivity contribution in [2.24, 2.45) is 0 Å². The van der Waals surface area contributed by atoms with Crippen LogP contribution in [0.1, 0.15) is 25.3 Å². The summed E-state index contributed by atoms with van der Waals surface area (Å²) in [6.07, 6.45) is 2.35. The van der Waals surface area contributed by atoms with Gasteiger partial charge >= 0.3 is 0 Å². The molecule has 1 aromatic rings. The molecule has 1 rings (SSSR count). The van der Waals surface area contributed by atoms with Crippen molar-refractivity contribution in [3.8, 4) is 0 Å². The van der Waals surface area contributed by atoms with Crippen LogP contribution in [0, 0.1) is 0 Å². The molecule has 1 aromatic heterocycles. The Balaban J connectivity index is 2.37. The molecule has 2 N–H and O–H groups in total. The zero-order valence-electron chi connectivity index (χ0n) is 10.4. The summed E-state index contributed by atoms with van der Waals surface area (Å²) in [5, 5.41) is 6.26. The summed E-state index contributed by atoms with van der Waals surface area (Å²) in [5.74, 6) is 0.143. The van der Waals surface area contributed by atoms with Gasteiger partial charge in [0.25, 0.3) is 0 Å². The van der Waals surface area contributed by atoms with Crippen molar-refractivity contribution in [3.05, 3.63) is 16.6 Å². The van der Waals surface area contributed by atoms with Gasteiger partial charge in [0, 0.05) is 11.6 Å². The minimum atomic E-state index is -3.09. The molecule has 0 aliphatic carbocycles. The monoisotopic (exact) mass is 277 g/mol. The van der Waals surface area contributed by atoms with E-state index in [0.29, 0.717) is 13.0 Å². The van der Waals surface area contributed by atoms with Gasteiger partial charge in [0.1, 0.15) is 5.01 Å². The van der Waals surface area contributed by atoms with Gasteiger partial charge in [-0.1, -0.05) is 0 Å². The molecule has 0 saturated heterocycles. The predicted molar refractivity (Wildman–Crippen MR) is 70.6 cm³/mol. The van der Waals surface area contributed by atoms with Crippen LogP contribution < -0.4 is 10.0 Å². The molecule has 0 radical (unpaired) electrons. The zero-order chi connectivity index (χ0) is 12.9. The number of hydrogen-bond donors (Lipinski definition) is 2. The minimum absolute atomic E-state index is 0.143. The molecule has 1 heterocycles. The van der Waals surface area contributed by atoms with Crippen LogP contribution in [0.3, 0.4) is 0 Å². The van der Waals surface area contributed by atoms with E-state index in [9.17, 15) is 8.42 Å². The SMILES string of the molecule is CNS(=O)(=O)CCCNC(C)(C)c1nccs1. The Morgan fingerprint density at radius 2 is 2.18 bits per heavy atom. The molecule has 0 aliphatic heterocycles. The minimum Gasteiger partial charge on any atom is -0.306 e. The summed E-state index contributed by atoms with van der Waals surface area (Å²) in [6.45, 7) is 4.73. The number of aromatic nitrogens is 1. The quantitative estimate of drug-likeness (QED) is 0.727. The first-order valence-corrected chi connectivity index (χ1v) is 7.97. The van der Waals surface area contributed by atoms with E-state index in [1.807, 2.05) is 19.2 Å². The Morgan fingerprint density at radius 3 is 2.71 bits per heavy atom. The maximum atomic E-state index is 11.2. The lowest BCUT2D eigenvalue weighted by Crippen LogP contribution is -2.38. The molecule has 0 bridgehead atoms. The van der Waals surface area contributed by atoms with Gasteiger partial charge in [-0.25, -0.2) is 18.1 Å². The highest BCUT2D eigenvalue weighted by Crippen LogP contribution is 2.21. The van der Waals surface area contributed by atoms with Crippen LogP contribution in [0.4, 0.5) is 0 Å². The average molecular weight is 277 g/mol. The lowest BCUT2D eigenvalue weighted by molar-refractivity contribution is 0.402. The fraction of sp³-hybridized carbons (Fsp3) is 0.700. The van der Waals surface area contributed by atoms with E-state index in [1.54, 1.807) is 17.5 Å². The number of nitrogens with zero attached hydrogens (tertiary/aromatic N) is 1. The molecule has 0 unspecified atom stereocenters. The second-order valence-corrected chi connectivity index (χ2v) is 7.21. The topological polar surface area (TPSA) is 71.1 Å². The molecule has 17 heavy (non-hydrogen) atoms. The molecule has 0 fully saturated rings. The molecule has 0 amide bonds. The molecule has 0 aliphatic rings. The third-order valence-electron chi connectivity index (χ3n) is 2.43. The van der Waals surface area contributed by atoms with Crippen molar-refractivity contribution in [1.29, 1.82) is 0 Å². The third kappa shape index (κ3) is 4.71. The van der Waals surface area contributed by atoms with Crippen LogP contribution in [0.5, 0.6) is 0 Å². The number of hydrogen-bond acceptors (Lipinski definition) is 5. The van der Waals surface area contributed by atoms with Gasteiger partial charge in [0.2, 0.25) is 10.0 Å². The lowest BCUT2D eigenvalue weighted by atomic mass is 10.1. The second kappa shape index (κ2) is 5.90. The highest BCUT2D eigenvalue weighted by molar-refractivity contribution is 7.89. The van der Waals surface area contributed by atoms with Crippen molar-refractivity contribution < 1.29 is 8.42 Å². The fourth-order valence-electron chi connectivity index (χ4n) is 1.37. The maximum absolute atomic E-state index is 11.2. The van der Waals surface area contributed by atoms with Gasteiger partial charge in [-0.3, -0.25) is 0 Å². The summed E-state index contributed by atoms with van der Waals surface area (Å²) in [7, 11) is -1.66. The van der Waals surface area contributed by atoms with Crippen LogP contribution in [-0.4, -0.2) is 32.7 Å². The maximum Gasteiger partial charge on any atom is 0.211 e. The van der Waals surface area contributed by atoms with Crippen molar-refractivity contribution in [3.63, 3.8) is 0 Å². The highest BCUT2D eigenvalue weighted by Gasteiger charge is 2.22. The molecular weight excluding hydrogens is 258 g/mol. The van der Waals surface area contributed by atoms with E-state index < -0.39 is 10.0 Å². The largest absolute Gasteiger partial charge is 0.306 e. The van der Waals surface area contributed by atoms with E-state index in [0.717, 1.165) is 5.01 Å². The van der Waals surface area contributed by atoms with Crippen LogP contribution >= 0.6 is 11.3 Å². The molecule has 0 spiro atoms. The summed E-state index contributed by atoms with van der Waals surface area (Å²) in [5.41, 5.74) is -0.211. The van der Waals surface area contributed by atoms with E-state index in [4.69, 9.17) is 0 Å². The first kappa shape index (κ1) is 14.6. The van der Waals surface area contributed by atoms with E-state index in [-0.39, 0.29) is 11.3 Å². The molecule has 0 saturated carbocycles. The molecular formula is C10H19N3O2S2. The Hall–Kier alpha value is -0.500. The van der Waals surface area contributed by atoms with E-state index >= 15 is 0 Å². The van der Waals surface area contributed by atoms with Crippen molar-refractivity contribution in [1.82, 2.24) is 15.0 Å². The van der Waals surface area contributed by atoms with Gasteiger partial charge in [0.05, 0.1) is 11.3 Å². The Kier molecular flexibility index (Phi) is 5.05. The molecule has 7 heteroatoms. The number of nitrogens with one attached hydrogen (secondary N) is 2.